The molecule has 0 radical (unpaired) electrons. The number of allylic oxidation sites excluding steroid dienone is 9. The predicted octanol–water partition coefficient (Wildman–Crippen LogP) is 10.6. The lowest BCUT2D eigenvalue weighted by Gasteiger charge is -2.37. The molecule has 0 spiro atoms. The first-order valence-electron chi connectivity index (χ1n) is 17.3. The molecule has 2 heteroatoms. The number of para-hydroxylation sites is 1. The van der Waals surface area contributed by atoms with E-state index in [-0.39, 0.29) is 0 Å². The smallest absolute Gasteiger partial charge is 0.0626 e. The molecule has 5 unspecified atom stereocenters. The summed E-state index contributed by atoms with van der Waals surface area (Å²) < 4.78 is 2.89. The van der Waals surface area contributed by atoms with Crippen LogP contribution in [0.15, 0.2) is 126 Å². The quantitative estimate of drug-likeness (QED) is 0.295. The van der Waals surface area contributed by atoms with Gasteiger partial charge in [-0.05, 0) is 73.8 Å². The molecule has 0 N–H and O–H groups in total. The number of nitrogens with zero attached hydrogens (tertiary/aromatic N) is 2. The van der Waals surface area contributed by atoms with Crippen molar-refractivity contribution in [2.24, 2.45) is 11.8 Å². The Morgan fingerprint density at radius 1 is 0.778 bits per heavy atom. The third-order valence-corrected chi connectivity index (χ3v) is 11.4. The van der Waals surface area contributed by atoms with Gasteiger partial charge >= 0.3 is 0 Å². The zero-order valence-electron chi connectivity index (χ0n) is 26.3. The fourth-order valence-electron chi connectivity index (χ4n) is 9.46. The first-order valence-corrected chi connectivity index (χ1v) is 17.3. The van der Waals surface area contributed by atoms with Gasteiger partial charge in [-0.2, -0.15) is 0 Å². The molecule has 2 nitrogen and oxygen atoms in total. The van der Waals surface area contributed by atoms with Crippen LogP contribution in [0.25, 0.3) is 17.7 Å². The topological polar surface area (TPSA) is 8.17 Å². The maximum Gasteiger partial charge on any atom is 0.0626 e. The first kappa shape index (κ1) is 27.0. The Labute approximate surface area is 268 Å². The van der Waals surface area contributed by atoms with Gasteiger partial charge in [0.1, 0.15) is 0 Å². The Hall–Kier alpha value is -4.30. The fourth-order valence-corrected chi connectivity index (χ4v) is 9.46. The molecule has 0 saturated heterocycles. The molecule has 1 aromatic heterocycles. The number of hydrogen-bond acceptors (Lipinski definition) is 1. The SMILES string of the molecule is CC1C(c2ccccc2)=CCCC1n1c2c(c3c1C(C1=CC4=C(CC1)N(c1ccccc1)C1C=CC=CC41)CC=C3)C=CCC2. The van der Waals surface area contributed by atoms with Gasteiger partial charge in [0.05, 0.1) is 6.04 Å². The van der Waals surface area contributed by atoms with Gasteiger partial charge in [0.15, 0.2) is 0 Å². The molecule has 6 aliphatic rings. The molecule has 0 amide bonds. The zero-order chi connectivity index (χ0) is 29.9. The van der Waals surface area contributed by atoms with Crippen LogP contribution in [0.2, 0.25) is 0 Å². The van der Waals surface area contributed by atoms with E-state index in [1.54, 1.807) is 22.5 Å². The third-order valence-electron chi connectivity index (χ3n) is 11.4. The van der Waals surface area contributed by atoms with Crippen LogP contribution in [0, 0.1) is 11.8 Å². The van der Waals surface area contributed by atoms with Crippen LogP contribution in [-0.2, 0) is 6.42 Å². The Morgan fingerprint density at radius 2 is 1.58 bits per heavy atom. The monoisotopic (exact) mass is 586 g/mol. The van der Waals surface area contributed by atoms with Crippen LogP contribution < -0.4 is 4.90 Å². The van der Waals surface area contributed by atoms with Gasteiger partial charge in [-0.3, -0.25) is 0 Å². The summed E-state index contributed by atoms with van der Waals surface area (Å²) >= 11 is 0. The summed E-state index contributed by atoms with van der Waals surface area (Å²) in [5, 5.41) is 0. The molecule has 2 aromatic carbocycles. The number of fused-ring (bicyclic) bond motifs is 5. The van der Waals surface area contributed by atoms with E-state index < -0.39 is 0 Å². The summed E-state index contributed by atoms with van der Waals surface area (Å²) in [7, 11) is 0. The lowest BCUT2D eigenvalue weighted by Crippen LogP contribution is -2.32. The summed E-state index contributed by atoms with van der Waals surface area (Å²) in [5.74, 6) is 1.32. The highest BCUT2D eigenvalue weighted by Gasteiger charge is 2.42. The Kier molecular flexibility index (Phi) is 6.58. The van der Waals surface area contributed by atoms with Crippen molar-refractivity contribution in [1.82, 2.24) is 4.57 Å². The molecular formula is C43H42N2. The average molecular weight is 587 g/mol. The van der Waals surface area contributed by atoms with Gasteiger partial charge in [0, 0.05) is 57.7 Å². The highest BCUT2D eigenvalue weighted by atomic mass is 15.2. The van der Waals surface area contributed by atoms with E-state index in [9.17, 15) is 0 Å². The molecule has 0 fully saturated rings. The first-order chi connectivity index (χ1) is 22.3. The van der Waals surface area contributed by atoms with Crippen molar-refractivity contribution in [3.8, 4) is 0 Å². The minimum Gasteiger partial charge on any atom is -0.343 e. The molecule has 2 heterocycles. The number of hydrogen-bond donors (Lipinski definition) is 0. The molecule has 0 bridgehead atoms. The van der Waals surface area contributed by atoms with Crippen LogP contribution in [0.5, 0.6) is 0 Å². The van der Waals surface area contributed by atoms with Crippen LogP contribution in [0.1, 0.15) is 85.5 Å². The van der Waals surface area contributed by atoms with E-state index in [4.69, 9.17) is 0 Å². The number of benzene rings is 2. The van der Waals surface area contributed by atoms with Gasteiger partial charge in [0.2, 0.25) is 0 Å². The van der Waals surface area contributed by atoms with E-state index in [2.05, 4.69) is 138 Å². The van der Waals surface area contributed by atoms with Gasteiger partial charge in [0.25, 0.3) is 0 Å². The molecule has 224 valence electrons. The summed E-state index contributed by atoms with van der Waals surface area (Å²) in [4.78, 5) is 2.63. The molecule has 1 aliphatic heterocycles. The van der Waals surface area contributed by atoms with E-state index >= 15 is 0 Å². The second-order valence-electron chi connectivity index (χ2n) is 13.7. The Bertz CT molecular complexity index is 1850. The van der Waals surface area contributed by atoms with E-state index in [1.165, 1.54) is 40.1 Å². The number of rotatable bonds is 4. The van der Waals surface area contributed by atoms with E-state index in [0.717, 1.165) is 38.5 Å². The minimum atomic E-state index is 0.368. The molecule has 0 saturated carbocycles. The molecule has 5 atom stereocenters. The van der Waals surface area contributed by atoms with Crippen molar-refractivity contribution in [1.29, 1.82) is 0 Å². The maximum atomic E-state index is 2.89. The molecule has 3 aromatic rings. The highest BCUT2D eigenvalue weighted by Crippen LogP contribution is 2.52. The van der Waals surface area contributed by atoms with Crippen molar-refractivity contribution in [2.75, 3.05) is 4.90 Å². The van der Waals surface area contributed by atoms with Crippen molar-refractivity contribution >= 4 is 23.4 Å². The van der Waals surface area contributed by atoms with Crippen LogP contribution in [0.3, 0.4) is 0 Å². The average Bonchev–Trinajstić information content (AvgIpc) is 3.62. The Balaban J connectivity index is 1.15. The molecule has 5 aliphatic carbocycles. The molecule has 9 rings (SSSR count). The van der Waals surface area contributed by atoms with Crippen LogP contribution >= 0.6 is 0 Å². The van der Waals surface area contributed by atoms with Gasteiger partial charge in [-0.1, -0.05) is 122 Å². The number of aromatic nitrogens is 1. The van der Waals surface area contributed by atoms with Crippen LogP contribution in [0.4, 0.5) is 5.69 Å². The lowest BCUT2D eigenvalue weighted by atomic mass is 9.77. The fraction of sp³-hybridized carbons (Fsp3) is 0.302. The van der Waals surface area contributed by atoms with Gasteiger partial charge < -0.3 is 9.47 Å². The second-order valence-corrected chi connectivity index (χ2v) is 13.7. The minimum absolute atomic E-state index is 0.368. The highest BCUT2D eigenvalue weighted by molar-refractivity contribution is 5.75. The van der Waals surface area contributed by atoms with Crippen molar-refractivity contribution in [3.05, 3.63) is 154 Å². The summed E-state index contributed by atoms with van der Waals surface area (Å²) in [6.45, 7) is 2.49. The van der Waals surface area contributed by atoms with Gasteiger partial charge in [-0.15, -0.1) is 0 Å². The third kappa shape index (κ3) is 4.29. The normalized spacial score (nSPS) is 27.9. The second kappa shape index (κ2) is 10.9. The Morgan fingerprint density at radius 3 is 2.44 bits per heavy atom. The van der Waals surface area contributed by atoms with Gasteiger partial charge in [-0.25, -0.2) is 0 Å². The number of anilines is 1. The van der Waals surface area contributed by atoms with Crippen molar-refractivity contribution in [3.63, 3.8) is 0 Å². The van der Waals surface area contributed by atoms with E-state index in [0.29, 0.717) is 29.8 Å². The summed E-state index contributed by atoms with van der Waals surface area (Å²) in [6, 6.07) is 23.0. The molecular weight excluding hydrogens is 544 g/mol. The van der Waals surface area contributed by atoms with Crippen molar-refractivity contribution < 1.29 is 0 Å². The predicted molar refractivity (Wildman–Crippen MR) is 189 cm³/mol. The largest absolute Gasteiger partial charge is 0.343 e. The summed E-state index contributed by atoms with van der Waals surface area (Å²) in [5.41, 5.74) is 15.1. The molecule has 45 heavy (non-hydrogen) atoms. The van der Waals surface area contributed by atoms with Crippen molar-refractivity contribution in [2.45, 2.75) is 69.9 Å². The lowest BCUT2D eigenvalue weighted by molar-refractivity contribution is 0.359. The zero-order valence-corrected chi connectivity index (χ0v) is 26.3. The van der Waals surface area contributed by atoms with E-state index in [1.807, 2.05) is 0 Å². The van der Waals surface area contributed by atoms with Crippen LogP contribution in [-0.4, -0.2) is 10.6 Å². The summed E-state index contributed by atoms with van der Waals surface area (Å²) in [6.07, 6.45) is 32.3. The standard InChI is InChI=1S/C43H42N2/c1-29-33(30-14-4-2-5-15-30)20-13-25-39(29)45-41-24-11-8-18-35(41)37-22-12-21-34(43(37)45)31-26-27-42-38(28-31)36-19-9-10-23-40(36)44(42)32-16-6-3-7-17-32/h2-10,12,14-20,22-23,28-29,34,36,39-40H,11,13,21,24-27H2,1H3. The maximum absolute atomic E-state index is 2.89.